The fourth-order valence-corrected chi connectivity index (χ4v) is 3.24. The number of nitrogens with zero attached hydrogens (tertiary/aromatic N) is 2. The Morgan fingerprint density at radius 3 is 2.71 bits per heavy atom. The van der Waals surface area contributed by atoms with Gasteiger partial charge in [-0.15, -0.1) is 0 Å². The van der Waals surface area contributed by atoms with Crippen LogP contribution in [0.2, 0.25) is 0 Å². The molecule has 1 aliphatic rings. The number of aryl methyl sites for hydroxylation is 2. The van der Waals surface area contributed by atoms with Gasteiger partial charge >= 0.3 is 5.97 Å². The van der Waals surface area contributed by atoms with Crippen LogP contribution in [0.3, 0.4) is 0 Å². The van der Waals surface area contributed by atoms with E-state index in [9.17, 15) is 4.79 Å². The lowest BCUT2D eigenvalue weighted by atomic mass is 10.1. The van der Waals surface area contributed by atoms with E-state index in [0.29, 0.717) is 16.9 Å². The molecule has 0 amide bonds. The SMILES string of the molecule is Cc1ccc(C)c(Nc2nc3ccccc3nc2C(=O)OC[C@H]2CCCO2)c1. The van der Waals surface area contributed by atoms with E-state index >= 15 is 0 Å². The molecule has 6 nitrogen and oxygen atoms in total. The molecule has 1 aromatic heterocycles. The molecule has 1 N–H and O–H groups in total. The van der Waals surface area contributed by atoms with Crippen molar-refractivity contribution in [3.8, 4) is 0 Å². The number of fused-ring (bicyclic) bond motifs is 1. The minimum absolute atomic E-state index is 0.0345. The normalized spacial score (nSPS) is 16.3. The number of rotatable bonds is 5. The van der Waals surface area contributed by atoms with Crippen LogP contribution in [0.15, 0.2) is 42.5 Å². The summed E-state index contributed by atoms with van der Waals surface area (Å²) in [5.74, 6) is -0.105. The molecule has 1 fully saturated rings. The fraction of sp³-hybridized carbons (Fsp3) is 0.318. The molecular weight excluding hydrogens is 354 g/mol. The standard InChI is InChI=1S/C22H23N3O3/c1-14-9-10-15(2)19(12-14)25-21-20(22(26)28-13-16-6-5-11-27-16)23-17-7-3-4-8-18(17)24-21/h3-4,7-10,12,16H,5-6,11,13H2,1-2H3,(H,24,25)/t16-/m1/s1. The zero-order valence-corrected chi connectivity index (χ0v) is 16.1. The number of carbonyl (C=O) groups is 1. The third-order valence-electron chi connectivity index (χ3n) is 4.83. The van der Waals surface area contributed by atoms with E-state index in [1.54, 1.807) is 0 Å². The van der Waals surface area contributed by atoms with Crippen LogP contribution < -0.4 is 5.32 Å². The zero-order valence-electron chi connectivity index (χ0n) is 16.1. The topological polar surface area (TPSA) is 73.3 Å². The molecule has 2 aromatic carbocycles. The molecule has 3 aromatic rings. The van der Waals surface area contributed by atoms with Gasteiger partial charge in [0.2, 0.25) is 0 Å². The van der Waals surface area contributed by atoms with Gasteiger partial charge in [-0.2, -0.15) is 0 Å². The van der Waals surface area contributed by atoms with E-state index < -0.39 is 5.97 Å². The quantitative estimate of drug-likeness (QED) is 0.667. The van der Waals surface area contributed by atoms with Crippen molar-refractivity contribution in [1.82, 2.24) is 9.97 Å². The van der Waals surface area contributed by atoms with E-state index in [4.69, 9.17) is 9.47 Å². The maximum atomic E-state index is 12.8. The third kappa shape index (κ3) is 3.97. The highest BCUT2D eigenvalue weighted by molar-refractivity contribution is 5.96. The molecular formula is C22H23N3O3. The summed E-state index contributed by atoms with van der Waals surface area (Å²) in [5.41, 5.74) is 4.60. The minimum Gasteiger partial charge on any atom is -0.458 e. The number of anilines is 2. The molecule has 1 atom stereocenters. The Balaban J connectivity index is 1.67. The largest absolute Gasteiger partial charge is 0.458 e. The van der Waals surface area contributed by atoms with Crippen molar-refractivity contribution in [2.45, 2.75) is 32.8 Å². The summed E-state index contributed by atoms with van der Waals surface area (Å²) in [6, 6.07) is 13.6. The molecule has 2 heterocycles. The molecule has 1 saturated heterocycles. The Morgan fingerprint density at radius 2 is 1.96 bits per heavy atom. The van der Waals surface area contributed by atoms with Crippen LogP contribution in [0.4, 0.5) is 11.5 Å². The van der Waals surface area contributed by atoms with Crippen molar-refractivity contribution < 1.29 is 14.3 Å². The number of carbonyl (C=O) groups excluding carboxylic acids is 1. The molecule has 0 radical (unpaired) electrons. The maximum Gasteiger partial charge on any atom is 0.360 e. The van der Waals surface area contributed by atoms with Gasteiger partial charge in [0, 0.05) is 12.3 Å². The summed E-state index contributed by atoms with van der Waals surface area (Å²) in [5, 5.41) is 3.28. The Kier molecular flexibility index (Phi) is 5.21. The first kappa shape index (κ1) is 18.4. The monoisotopic (exact) mass is 377 g/mol. The van der Waals surface area contributed by atoms with Gasteiger partial charge in [0.25, 0.3) is 0 Å². The van der Waals surface area contributed by atoms with Gasteiger partial charge in [0.15, 0.2) is 11.5 Å². The van der Waals surface area contributed by atoms with Crippen LogP contribution in [0.5, 0.6) is 0 Å². The number of ether oxygens (including phenoxy) is 2. The molecule has 0 bridgehead atoms. The Hall–Kier alpha value is -2.99. The molecule has 0 saturated carbocycles. The number of hydrogen-bond acceptors (Lipinski definition) is 6. The number of para-hydroxylation sites is 2. The number of aromatic nitrogens is 2. The van der Waals surface area contributed by atoms with Crippen LogP contribution >= 0.6 is 0 Å². The second-order valence-corrected chi connectivity index (χ2v) is 7.09. The molecule has 0 aliphatic carbocycles. The lowest BCUT2D eigenvalue weighted by molar-refractivity contribution is 0.0157. The first-order chi connectivity index (χ1) is 13.6. The van der Waals surface area contributed by atoms with Crippen molar-refractivity contribution in [2.75, 3.05) is 18.5 Å². The molecule has 6 heteroatoms. The summed E-state index contributed by atoms with van der Waals surface area (Å²) in [6.07, 6.45) is 1.87. The predicted molar refractivity (Wildman–Crippen MR) is 108 cm³/mol. The lowest BCUT2D eigenvalue weighted by Gasteiger charge is -2.15. The van der Waals surface area contributed by atoms with Crippen LogP contribution in [0, 0.1) is 13.8 Å². The average Bonchev–Trinajstić information content (AvgIpc) is 3.22. The number of esters is 1. The van der Waals surface area contributed by atoms with Gasteiger partial charge in [-0.3, -0.25) is 0 Å². The maximum absolute atomic E-state index is 12.8. The van der Waals surface area contributed by atoms with E-state index in [2.05, 4.69) is 15.3 Å². The molecule has 4 rings (SSSR count). The molecule has 144 valence electrons. The Labute approximate surface area is 163 Å². The summed E-state index contributed by atoms with van der Waals surface area (Å²) in [6.45, 7) is 4.98. The highest BCUT2D eigenvalue weighted by Crippen LogP contribution is 2.25. The highest BCUT2D eigenvalue weighted by Gasteiger charge is 2.22. The van der Waals surface area contributed by atoms with Gasteiger partial charge in [-0.05, 0) is 56.0 Å². The van der Waals surface area contributed by atoms with Gasteiger partial charge in [-0.1, -0.05) is 24.3 Å². The number of hydrogen-bond donors (Lipinski definition) is 1. The van der Waals surface area contributed by atoms with Crippen molar-refractivity contribution >= 4 is 28.5 Å². The summed E-state index contributed by atoms with van der Waals surface area (Å²) >= 11 is 0. The number of nitrogens with one attached hydrogen (secondary N) is 1. The summed E-state index contributed by atoms with van der Waals surface area (Å²) in [4.78, 5) is 22.0. The van der Waals surface area contributed by atoms with Gasteiger partial charge in [0.1, 0.15) is 6.61 Å². The molecule has 1 aliphatic heterocycles. The number of benzene rings is 2. The van der Waals surface area contributed by atoms with Crippen molar-refractivity contribution in [3.63, 3.8) is 0 Å². The van der Waals surface area contributed by atoms with Crippen molar-refractivity contribution in [1.29, 1.82) is 0 Å². The molecule has 28 heavy (non-hydrogen) atoms. The van der Waals surface area contributed by atoms with Gasteiger partial charge in [-0.25, -0.2) is 14.8 Å². The van der Waals surface area contributed by atoms with Gasteiger partial charge in [0.05, 0.1) is 17.1 Å². The van der Waals surface area contributed by atoms with E-state index in [1.165, 1.54) is 0 Å². The molecule has 0 spiro atoms. The second kappa shape index (κ2) is 7.94. The first-order valence-electron chi connectivity index (χ1n) is 9.50. The minimum atomic E-state index is -0.499. The third-order valence-corrected chi connectivity index (χ3v) is 4.83. The van der Waals surface area contributed by atoms with Crippen molar-refractivity contribution in [3.05, 3.63) is 59.3 Å². The van der Waals surface area contributed by atoms with Gasteiger partial charge < -0.3 is 14.8 Å². The summed E-state index contributed by atoms with van der Waals surface area (Å²) < 4.78 is 11.0. The second-order valence-electron chi connectivity index (χ2n) is 7.09. The van der Waals surface area contributed by atoms with Crippen LogP contribution in [-0.2, 0) is 9.47 Å². The van der Waals surface area contributed by atoms with E-state index in [-0.39, 0.29) is 18.4 Å². The Morgan fingerprint density at radius 1 is 1.18 bits per heavy atom. The highest BCUT2D eigenvalue weighted by atomic mass is 16.6. The zero-order chi connectivity index (χ0) is 19.5. The van der Waals surface area contributed by atoms with Crippen LogP contribution in [-0.4, -0.2) is 35.3 Å². The average molecular weight is 377 g/mol. The predicted octanol–water partition coefficient (Wildman–Crippen LogP) is 4.33. The lowest BCUT2D eigenvalue weighted by Crippen LogP contribution is -2.20. The van der Waals surface area contributed by atoms with Crippen molar-refractivity contribution in [2.24, 2.45) is 0 Å². The van der Waals surface area contributed by atoms with Crippen LogP contribution in [0.25, 0.3) is 11.0 Å². The summed E-state index contributed by atoms with van der Waals surface area (Å²) in [7, 11) is 0. The van der Waals surface area contributed by atoms with E-state index in [1.807, 2.05) is 56.3 Å². The molecule has 0 unspecified atom stereocenters. The first-order valence-corrected chi connectivity index (χ1v) is 9.50. The van der Waals surface area contributed by atoms with Crippen LogP contribution in [0.1, 0.15) is 34.5 Å². The Bertz CT molecular complexity index is 1010. The fourth-order valence-electron chi connectivity index (χ4n) is 3.24. The smallest absolute Gasteiger partial charge is 0.360 e. The van der Waals surface area contributed by atoms with E-state index in [0.717, 1.165) is 36.3 Å².